The van der Waals surface area contributed by atoms with Crippen molar-refractivity contribution in [3.05, 3.63) is 53.1 Å². The lowest BCUT2D eigenvalue weighted by molar-refractivity contribution is 0.102. The average molecular weight is 277 g/mol. The third kappa shape index (κ3) is 3.34. The number of aromatic nitrogens is 2. The Morgan fingerprint density at radius 1 is 1.20 bits per heavy atom. The normalized spacial score (nSPS) is 10.7. The summed E-state index contributed by atoms with van der Waals surface area (Å²) >= 11 is 0. The van der Waals surface area contributed by atoms with Crippen molar-refractivity contribution in [3.8, 4) is 0 Å². The summed E-state index contributed by atoms with van der Waals surface area (Å²) in [5.74, 6) is -0.403. The molecule has 6 heteroatoms. The van der Waals surface area contributed by atoms with Gasteiger partial charge in [-0.15, -0.1) is 0 Å². The topological polar surface area (TPSA) is 54.9 Å². The summed E-state index contributed by atoms with van der Waals surface area (Å²) in [4.78, 5) is 19.5. The maximum Gasteiger partial charge on any atom is 0.280 e. The van der Waals surface area contributed by atoms with E-state index in [2.05, 4.69) is 15.3 Å². The van der Waals surface area contributed by atoms with Crippen LogP contribution in [0.4, 0.5) is 14.5 Å². The highest BCUT2D eigenvalue weighted by molar-refractivity contribution is 6.02. The number of rotatable bonds is 3. The molecule has 1 aromatic heterocycles. The molecule has 0 aliphatic heterocycles. The molecule has 1 N–H and O–H groups in total. The van der Waals surface area contributed by atoms with Gasteiger partial charge in [0.05, 0.1) is 0 Å². The number of nitrogens with zero attached hydrogens (tertiary/aromatic N) is 2. The van der Waals surface area contributed by atoms with Crippen LogP contribution in [0.2, 0.25) is 0 Å². The van der Waals surface area contributed by atoms with Gasteiger partial charge >= 0.3 is 0 Å². The van der Waals surface area contributed by atoms with E-state index in [1.807, 2.05) is 13.0 Å². The minimum absolute atomic E-state index is 0.0747. The Labute approximate surface area is 114 Å². The van der Waals surface area contributed by atoms with E-state index < -0.39 is 18.0 Å². The second-order valence-electron chi connectivity index (χ2n) is 4.35. The first-order chi connectivity index (χ1) is 9.45. The number of amides is 1. The fourth-order valence-electron chi connectivity index (χ4n) is 1.74. The van der Waals surface area contributed by atoms with Crippen LogP contribution in [-0.2, 0) is 0 Å². The summed E-state index contributed by atoms with van der Waals surface area (Å²) in [5.41, 5.74) is 1.04. The zero-order valence-corrected chi connectivity index (χ0v) is 11.0. The molecule has 1 amide bonds. The number of hydrogen-bond acceptors (Lipinski definition) is 3. The number of halogens is 2. The van der Waals surface area contributed by atoms with Crippen LogP contribution in [0.5, 0.6) is 0 Å². The van der Waals surface area contributed by atoms with Crippen LogP contribution >= 0.6 is 0 Å². The van der Waals surface area contributed by atoms with Crippen LogP contribution in [0.1, 0.15) is 34.0 Å². The Bertz CT molecular complexity index is 644. The lowest BCUT2D eigenvalue weighted by Crippen LogP contribution is -2.15. The summed E-state index contributed by atoms with van der Waals surface area (Å²) in [6, 6.07) is 8.18. The van der Waals surface area contributed by atoms with Crippen LogP contribution in [-0.4, -0.2) is 15.9 Å². The fourth-order valence-corrected chi connectivity index (χ4v) is 1.74. The van der Waals surface area contributed by atoms with E-state index in [0.717, 1.165) is 11.6 Å². The molecule has 0 fully saturated rings. The Hall–Kier alpha value is -2.37. The first-order valence-corrected chi connectivity index (χ1v) is 5.97. The molecule has 1 heterocycles. The largest absolute Gasteiger partial charge is 0.321 e. The molecule has 2 rings (SSSR count). The SMILES string of the molecule is Cc1cccc(NC(=O)c2cc(C(F)F)nc(C)n2)c1. The maximum absolute atomic E-state index is 12.6. The quantitative estimate of drug-likeness (QED) is 0.936. The molecule has 0 spiro atoms. The van der Waals surface area contributed by atoms with Crippen molar-refractivity contribution < 1.29 is 13.6 Å². The molecule has 0 saturated carbocycles. The van der Waals surface area contributed by atoms with Gasteiger partial charge in [0.2, 0.25) is 0 Å². The molecule has 20 heavy (non-hydrogen) atoms. The number of carbonyl (C=O) groups is 1. The Balaban J connectivity index is 2.25. The smallest absolute Gasteiger partial charge is 0.280 e. The first-order valence-electron chi connectivity index (χ1n) is 5.97. The number of aryl methyl sites for hydroxylation is 2. The summed E-state index contributed by atoms with van der Waals surface area (Å²) in [6.45, 7) is 3.36. The van der Waals surface area contributed by atoms with Crippen LogP contribution < -0.4 is 5.32 Å². The van der Waals surface area contributed by atoms with Gasteiger partial charge in [-0.2, -0.15) is 0 Å². The van der Waals surface area contributed by atoms with E-state index >= 15 is 0 Å². The molecule has 2 aromatic rings. The highest BCUT2D eigenvalue weighted by Gasteiger charge is 2.15. The molecular formula is C14H13F2N3O. The van der Waals surface area contributed by atoms with Gasteiger partial charge in [0.25, 0.3) is 12.3 Å². The molecule has 1 aromatic carbocycles. The van der Waals surface area contributed by atoms with Gasteiger partial charge in [-0.25, -0.2) is 18.7 Å². The number of alkyl halides is 2. The van der Waals surface area contributed by atoms with Crippen molar-refractivity contribution in [2.45, 2.75) is 20.3 Å². The summed E-state index contributed by atoms with van der Waals surface area (Å²) in [7, 11) is 0. The minimum Gasteiger partial charge on any atom is -0.321 e. The van der Waals surface area contributed by atoms with Gasteiger partial charge in [-0.3, -0.25) is 4.79 Å². The second-order valence-corrected chi connectivity index (χ2v) is 4.35. The van der Waals surface area contributed by atoms with Gasteiger partial charge < -0.3 is 5.32 Å². The van der Waals surface area contributed by atoms with Crippen LogP contribution in [0.3, 0.4) is 0 Å². The summed E-state index contributed by atoms with van der Waals surface area (Å²) < 4.78 is 25.3. The molecular weight excluding hydrogens is 264 g/mol. The van der Waals surface area contributed by atoms with Crippen molar-refractivity contribution >= 4 is 11.6 Å². The molecule has 0 aliphatic carbocycles. The van der Waals surface area contributed by atoms with E-state index in [-0.39, 0.29) is 11.5 Å². The second kappa shape index (κ2) is 5.73. The van der Waals surface area contributed by atoms with Crippen LogP contribution in [0.25, 0.3) is 0 Å². The Morgan fingerprint density at radius 3 is 2.60 bits per heavy atom. The highest BCUT2D eigenvalue weighted by Crippen LogP contribution is 2.18. The Kier molecular flexibility index (Phi) is 4.02. The van der Waals surface area contributed by atoms with Gasteiger partial charge in [-0.1, -0.05) is 12.1 Å². The Morgan fingerprint density at radius 2 is 1.95 bits per heavy atom. The van der Waals surface area contributed by atoms with Gasteiger partial charge in [-0.05, 0) is 37.6 Å². The van der Waals surface area contributed by atoms with Gasteiger partial charge in [0, 0.05) is 5.69 Å². The monoisotopic (exact) mass is 277 g/mol. The van der Waals surface area contributed by atoms with E-state index in [4.69, 9.17) is 0 Å². The molecule has 0 unspecified atom stereocenters. The molecule has 0 atom stereocenters. The van der Waals surface area contributed by atoms with Crippen molar-refractivity contribution in [1.82, 2.24) is 9.97 Å². The van der Waals surface area contributed by atoms with E-state index in [1.54, 1.807) is 18.2 Å². The van der Waals surface area contributed by atoms with Crippen molar-refractivity contribution in [3.63, 3.8) is 0 Å². The number of nitrogens with one attached hydrogen (secondary N) is 1. The number of anilines is 1. The highest BCUT2D eigenvalue weighted by atomic mass is 19.3. The first kappa shape index (κ1) is 14.0. The zero-order valence-electron chi connectivity index (χ0n) is 11.0. The molecule has 104 valence electrons. The maximum atomic E-state index is 12.6. The predicted molar refractivity (Wildman–Crippen MR) is 70.9 cm³/mol. The zero-order chi connectivity index (χ0) is 14.7. The van der Waals surface area contributed by atoms with E-state index in [1.165, 1.54) is 6.92 Å². The number of benzene rings is 1. The number of hydrogen-bond donors (Lipinski definition) is 1. The fraction of sp³-hybridized carbons (Fsp3) is 0.214. The van der Waals surface area contributed by atoms with Crippen LogP contribution in [0, 0.1) is 13.8 Å². The predicted octanol–water partition coefficient (Wildman–Crippen LogP) is 3.28. The van der Waals surface area contributed by atoms with Crippen LogP contribution in [0.15, 0.2) is 30.3 Å². The molecule has 0 radical (unpaired) electrons. The van der Waals surface area contributed by atoms with Gasteiger partial charge in [0.1, 0.15) is 17.2 Å². The van der Waals surface area contributed by atoms with Crippen molar-refractivity contribution in [2.75, 3.05) is 5.32 Å². The standard InChI is InChI=1S/C14H13F2N3O/c1-8-4-3-5-10(6-8)19-14(20)12-7-11(13(15)16)17-9(2)18-12/h3-7,13H,1-2H3,(H,19,20). The molecule has 0 saturated heterocycles. The third-order valence-electron chi connectivity index (χ3n) is 2.59. The van der Waals surface area contributed by atoms with E-state index in [0.29, 0.717) is 5.69 Å². The minimum atomic E-state index is -2.73. The lowest BCUT2D eigenvalue weighted by atomic mass is 10.2. The summed E-state index contributed by atoms with van der Waals surface area (Å²) in [5, 5.41) is 2.62. The van der Waals surface area contributed by atoms with Crippen molar-refractivity contribution in [1.29, 1.82) is 0 Å². The number of carbonyl (C=O) groups excluding carboxylic acids is 1. The summed E-state index contributed by atoms with van der Waals surface area (Å²) in [6.07, 6.45) is -2.73. The molecule has 0 aliphatic rings. The molecule has 0 bridgehead atoms. The molecule has 4 nitrogen and oxygen atoms in total. The average Bonchev–Trinajstić information content (AvgIpc) is 2.37. The third-order valence-corrected chi connectivity index (χ3v) is 2.59. The van der Waals surface area contributed by atoms with Gasteiger partial charge in [0.15, 0.2) is 0 Å². The van der Waals surface area contributed by atoms with E-state index in [9.17, 15) is 13.6 Å². The van der Waals surface area contributed by atoms with Crippen molar-refractivity contribution in [2.24, 2.45) is 0 Å². The lowest BCUT2D eigenvalue weighted by Gasteiger charge is -2.07.